The topological polar surface area (TPSA) is 75.8 Å². The molecule has 1 saturated heterocycles. The van der Waals surface area contributed by atoms with Crippen LogP contribution in [0.1, 0.15) is 20.8 Å². The van der Waals surface area contributed by atoms with E-state index in [4.69, 9.17) is 15.6 Å². The quantitative estimate of drug-likeness (QED) is 0.624. The number of likely N-dealkylation sites (tertiary alicyclic amines) is 1. The third kappa shape index (κ3) is 2.36. The fraction of sp³-hybridized carbons (Fsp3) is 0.889. The number of aliphatic hydroxyl groups excluding tert-OH is 1. The maximum absolute atomic E-state index is 11.5. The summed E-state index contributed by atoms with van der Waals surface area (Å²) >= 11 is 0. The van der Waals surface area contributed by atoms with Gasteiger partial charge in [0, 0.05) is 12.6 Å². The molecule has 1 rings (SSSR count). The van der Waals surface area contributed by atoms with Crippen molar-refractivity contribution in [1.82, 2.24) is 4.90 Å². The highest BCUT2D eigenvalue weighted by atomic mass is 16.6. The zero-order valence-corrected chi connectivity index (χ0v) is 8.86. The lowest BCUT2D eigenvalue weighted by molar-refractivity contribution is -0.0255. The lowest BCUT2D eigenvalue weighted by atomic mass is 9.99. The summed E-state index contributed by atoms with van der Waals surface area (Å²) in [4.78, 5) is 12.9. The van der Waals surface area contributed by atoms with E-state index in [1.807, 2.05) is 0 Å². The summed E-state index contributed by atoms with van der Waals surface area (Å²) in [6, 6.07) is -0.419. The molecule has 3 N–H and O–H groups in total. The third-order valence-corrected chi connectivity index (χ3v) is 2.12. The molecular weight excluding hydrogens is 184 g/mol. The highest BCUT2D eigenvalue weighted by Gasteiger charge is 2.41. The molecule has 2 atom stereocenters. The van der Waals surface area contributed by atoms with Gasteiger partial charge in [-0.15, -0.1) is 0 Å². The van der Waals surface area contributed by atoms with Crippen molar-refractivity contribution in [3.8, 4) is 0 Å². The largest absolute Gasteiger partial charge is 0.444 e. The Morgan fingerprint density at radius 2 is 2.21 bits per heavy atom. The van der Waals surface area contributed by atoms with Crippen LogP contribution in [0, 0.1) is 0 Å². The Bertz CT molecular complexity index is 225. The maximum atomic E-state index is 11.5. The van der Waals surface area contributed by atoms with Gasteiger partial charge in [0.1, 0.15) is 5.60 Å². The predicted molar refractivity (Wildman–Crippen MR) is 51.8 cm³/mol. The van der Waals surface area contributed by atoms with Gasteiger partial charge in [0.25, 0.3) is 0 Å². The molecular formula is C9H18N2O3. The first kappa shape index (κ1) is 11.3. The van der Waals surface area contributed by atoms with Gasteiger partial charge in [0.15, 0.2) is 0 Å². The fourth-order valence-corrected chi connectivity index (χ4v) is 1.34. The average Bonchev–Trinajstić information content (AvgIpc) is 1.97. The van der Waals surface area contributed by atoms with E-state index in [9.17, 15) is 4.79 Å². The standard InChI is InChI=1S/C9H18N2O3/c1-9(2,3)14-8(13)11-4-6(10)7(11)5-12/h6-7,12H,4-5,10H2,1-3H3. The van der Waals surface area contributed by atoms with Gasteiger partial charge < -0.3 is 15.6 Å². The minimum absolute atomic E-state index is 0.111. The highest BCUT2D eigenvalue weighted by molar-refractivity contribution is 5.70. The Morgan fingerprint density at radius 3 is 2.57 bits per heavy atom. The Balaban J connectivity index is 2.47. The number of hydrogen-bond donors (Lipinski definition) is 2. The second-order valence-corrected chi connectivity index (χ2v) is 4.55. The first-order valence-corrected chi connectivity index (χ1v) is 4.71. The number of aliphatic hydroxyl groups is 1. The summed E-state index contributed by atoms with van der Waals surface area (Å²) in [5, 5.41) is 8.94. The molecule has 14 heavy (non-hydrogen) atoms. The second-order valence-electron chi connectivity index (χ2n) is 4.55. The number of carbonyl (C=O) groups excluding carboxylic acids is 1. The zero-order chi connectivity index (χ0) is 10.9. The first-order valence-electron chi connectivity index (χ1n) is 4.71. The molecule has 82 valence electrons. The number of nitrogens with two attached hydrogens (primary N) is 1. The number of carbonyl (C=O) groups is 1. The molecule has 0 aliphatic carbocycles. The normalized spacial score (nSPS) is 27.1. The van der Waals surface area contributed by atoms with E-state index < -0.39 is 11.7 Å². The van der Waals surface area contributed by atoms with Crippen molar-refractivity contribution in [2.75, 3.05) is 13.2 Å². The van der Waals surface area contributed by atoms with Crippen molar-refractivity contribution >= 4 is 6.09 Å². The molecule has 5 heteroatoms. The molecule has 0 aromatic heterocycles. The fourth-order valence-electron chi connectivity index (χ4n) is 1.34. The molecule has 1 aliphatic heterocycles. The van der Waals surface area contributed by atoms with E-state index >= 15 is 0 Å². The summed E-state index contributed by atoms with van der Waals surface area (Å²) in [5.74, 6) is 0. The van der Waals surface area contributed by atoms with Gasteiger partial charge in [-0.1, -0.05) is 0 Å². The van der Waals surface area contributed by atoms with Crippen molar-refractivity contribution in [2.45, 2.75) is 38.5 Å². The van der Waals surface area contributed by atoms with Crippen LogP contribution in [0.25, 0.3) is 0 Å². The van der Waals surface area contributed by atoms with Crippen LogP contribution in [0.3, 0.4) is 0 Å². The van der Waals surface area contributed by atoms with Gasteiger partial charge in [-0.3, -0.25) is 4.90 Å². The summed E-state index contributed by atoms with van der Waals surface area (Å²) in [6.07, 6.45) is -0.404. The van der Waals surface area contributed by atoms with E-state index in [2.05, 4.69) is 0 Å². The Hall–Kier alpha value is -0.810. The molecule has 5 nitrogen and oxygen atoms in total. The number of hydrogen-bond acceptors (Lipinski definition) is 4. The van der Waals surface area contributed by atoms with Gasteiger partial charge in [-0.25, -0.2) is 4.79 Å². The van der Waals surface area contributed by atoms with Gasteiger partial charge in [0.05, 0.1) is 12.6 Å². The second kappa shape index (κ2) is 3.74. The lowest BCUT2D eigenvalue weighted by Gasteiger charge is -2.45. The Morgan fingerprint density at radius 1 is 1.64 bits per heavy atom. The SMILES string of the molecule is CC(C)(C)OC(=O)N1CC(N)C1CO. The Kier molecular flexibility index (Phi) is 3.01. The average molecular weight is 202 g/mol. The third-order valence-electron chi connectivity index (χ3n) is 2.12. The van der Waals surface area contributed by atoms with Crippen LogP contribution in [-0.4, -0.2) is 46.9 Å². The highest BCUT2D eigenvalue weighted by Crippen LogP contribution is 2.19. The molecule has 1 heterocycles. The van der Waals surface area contributed by atoms with Gasteiger partial charge in [0.2, 0.25) is 0 Å². The minimum atomic E-state index is -0.503. The first-order chi connectivity index (χ1) is 6.35. The summed E-state index contributed by atoms with van der Waals surface area (Å²) in [5.41, 5.74) is 5.11. The summed E-state index contributed by atoms with van der Waals surface area (Å²) in [6.45, 7) is 5.76. The van der Waals surface area contributed by atoms with E-state index in [1.165, 1.54) is 4.90 Å². The molecule has 0 aromatic carbocycles. The molecule has 1 fully saturated rings. The van der Waals surface area contributed by atoms with Gasteiger partial charge in [-0.05, 0) is 20.8 Å². The Labute approximate surface area is 83.8 Å². The van der Waals surface area contributed by atoms with Crippen LogP contribution in [0.15, 0.2) is 0 Å². The molecule has 2 unspecified atom stereocenters. The van der Waals surface area contributed by atoms with Crippen LogP contribution in [-0.2, 0) is 4.74 Å². The molecule has 0 saturated carbocycles. The number of nitrogens with zero attached hydrogens (tertiary/aromatic N) is 1. The smallest absolute Gasteiger partial charge is 0.410 e. The molecule has 1 amide bonds. The van der Waals surface area contributed by atoms with Crippen LogP contribution < -0.4 is 5.73 Å². The van der Waals surface area contributed by atoms with E-state index in [1.54, 1.807) is 20.8 Å². The van der Waals surface area contributed by atoms with E-state index in [0.29, 0.717) is 6.54 Å². The van der Waals surface area contributed by atoms with E-state index in [0.717, 1.165) is 0 Å². The molecule has 0 spiro atoms. The molecule has 0 aromatic rings. The number of rotatable bonds is 1. The van der Waals surface area contributed by atoms with Crippen molar-refractivity contribution in [1.29, 1.82) is 0 Å². The van der Waals surface area contributed by atoms with Crippen molar-refractivity contribution < 1.29 is 14.6 Å². The molecule has 1 aliphatic rings. The monoisotopic (exact) mass is 202 g/mol. The van der Waals surface area contributed by atoms with Gasteiger partial charge in [-0.2, -0.15) is 0 Å². The number of ether oxygens (including phenoxy) is 1. The van der Waals surface area contributed by atoms with Crippen LogP contribution >= 0.6 is 0 Å². The summed E-state index contributed by atoms with van der Waals surface area (Å²) < 4.78 is 5.14. The van der Waals surface area contributed by atoms with Crippen molar-refractivity contribution in [3.05, 3.63) is 0 Å². The van der Waals surface area contributed by atoms with Gasteiger partial charge >= 0.3 is 6.09 Å². The van der Waals surface area contributed by atoms with Crippen molar-refractivity contribution in [2.24, 2.45) is 5.73 Å². The van der Waals surface area contributed by atoms with Crippen LogP contribution in [0.4, 0.5) is 4.79 Å². The predicted octanol–water partition coefficient (Wildman–Crippen LogP) is -0.0747. The van der Waals surface area contributed by atoms with Crippen molar-refractivity contribution in [3.63, 3.8) is 0 Å². The van der Waals surface area contributed by atoms with Crippen LogP contribution in [0.2, 0.25) is 0 Å². The van der Waals surface area contributed by atoms with Crippen LogP contribution in [0.5, 0.6) is 0 Å². The minimum Gasteiger partial charge on any atom is -0.444 e. The lowest BCUT2D eigenvalue weighted by Crippen LogP contribution is -2.67. The zero-order valence-electron chi connectivity index (χ0n) is 8.86. The number of amides is 1. The summed E-state index contributed by atoms with van der Waals surface area (Å²) in [7, 11) is 0. The molecule has 0 radical (unpaired) electrons. The van der Waals surface area contributed by atoms with E-state index in [-0.39, 0.29) is 18.7 Å². The maximum Gasteiger partial charge on any atom is 0.410 e. The molecule has 0 bridgehead atoms.